The van der Waals surface area contributed by atoms with E-state index in [1.54, 1.807) is 24.3 Å². The van der Waals surface area contributed by atoms with Gasteiger partial charge in [-0.3, -0.25) is 14.6 Å². The smallest absolute Gasteiger partial charge is 0.321 e. The number of ether oxygens (including phenoxy) is 3. The minimum absolute atomic E-state index is 0.183. The molecule has 0 N–H and O–H groups in total. The van der Waals surface area contributed by atoms with Crippen molar-refractivity contribution in [2.75, 3.05) is 27.9 Å². The number of aliphatic imine (C=N–C) groups is 1. The molecule has 1 aromatic rings. The van der Waals surface area contributed by atoms with Gasteiger partial charge in [-0.1, -0.05) is 12.1 Å². The maximum Gasteiger partial charge on any atom is 0.321 e. The maximum absolute atomic E-state index is 11.8. The molecule has 0 saturated carbocycles. The lowest BCUT2D eigenvalue weighted by Gasteiger charge is -2.08. The highest BCUT2D eigenvalue weighted by atomic mass is 16.5. The zero-order chi connectivity index (χ0) is 15.0. The van der Waals surface area contributed by atoms with Crippen LogP contribution in [0, 0.1) is 5.92 Å². The van der Waals surface area contributed by atoms with Crippen LogP contribution < -0.4 is 4.74 Å². The van der Waals surface area contributed by atoms with Crippen LogP contribution >= 0.6 is 0 Å². The lowest BCUT2D eigenvalue weighted by molar-refractivity contribution is -0.147. The molecule has 0 fully saturated rings. The SMILES string of the molecule is COCC(=O)C(C=Nc1ccccc1OC)C(=O)OC. The van der Waals surface area contributed by atoms with E-state index in [2.05, 4.69) is 9.73 Å². The summed E-state index contributed by atoms with van der Waals surface area (Å²) in [6.07, 6.45) is 1.24. The molecule has 0 spiro atoms. The van der Waals surface area contributed by atoms with E-state index in [0.29, 0.717) is 11.4 Å². The lowest BCUT2D eigenvalue weighted by atomic mass is 10.1. The molecule has 20 heavy (non-hydrogen) atoms. The van der Waals surface area contributed by atoms with Gasteiger partial charge in [-0.15, -0.1) is 0 Å². The van der Waals surface area contributed by atoms with E-state index in [9.17, 15) is 9.59 Å². The average Bonchev–Trinajstić information content (AvgIpc) is 2.47. The second kappa shape index (κ2) is 8.06. The standard InChI is InChI=1S/C14H17NO5/c1-18-9-12(16)10(14(17)20-3)8-15-11-6-4-5-7-13(11)19-2/h4-8,10H,9H2,1-3H3. The molecular formula is C14H17NO5. The predicted molar refractivity (Wildman–Crippen MR) is 73.5 cm³/mol. The first-order chi connectivity index (χ1) is 9.63. The Morgan fingerprint density at radius 2 is 1.95 bits per heavy atom. The number of carbonyl (C=O) groups is 2. The average molecular weight is 279 g/mol. The summed E-state index contributed by atoms with van der Waals surface area (Å²) >= 11 is 0. The van der Waals surface area contributed by atoms with E-state index >= 15 is 0 Å². The Kier molecular flexibility index (Phi) is 6.39. The van der Waals surface area contributed by atoms with Gasteiger partial charge in [0, 0.05) is 13.3 Å². The first-order valence-corrected chi connectivity index (χ1v) is 5.90. The number of ketones is 1. The number of esters is 1. The van der Waals surface area contributed by atoms with Gasteiger partial charge < -0.3 is 14.2 Å². The molecule has 0 radical (unpaired) electrons. The van der Waals surface area contributed by atoms with E-state index in [4.69, 9.17) is 9.47 Å². The van der Waals surface area contributed by atoms with Gasteiger partial charge in [-0.2, -0.15) is 0 Å². The van der Waals surface area contributed by atoms with Crippen molar-refractivity contribution >= 4 is 23.7 Å². The van der Waals surface area contributed by atoms with Crippen LogP contribution in [0.4, 0.5) is 5.69 Å². The monoisotopic (exact) mass is 279 g/mol. The van der Waals surface area contributed by atoms with Gasteiger partial charge in [0.05, 0.1) is 14.2 Å². The van der Waals surface area contributed by atoms with Crippen molar-refractivity contribution in [1.29, 1.82) is 0 Å². The van der Waals surface area contributed by atoms with E-state index in [1.807, 2.05) is 0 Å². The van der Waals surface area contributed by atoms with Crippen LogP contribution in [-0.2, 0) is 19.1 Å². The minimum Gasteiger partial charge on any atom is -0.494 e. The quantitative estimate of drug-likeness (QED) is 0.428. The van der Waals surface area contributed by atoms with E-state index < -0.39 is 17.7 Å². The normalized spacial score (nSPS) is 12.2. The fourth-order valence-electron chi connectivity index (χ4n) is 1.53. The van der Waals surface area contributed by atoms with Crippen molar-refractivity contribution in [1.82, 2.24) is 0 Å². The van der Waals surface area contributed by atoms with Crippen molar-refractivity contribution in [3.63, 3.8) is 0 Å². The van der Waals surface area contributed by atoms with Gasteiger partial charge >= 0.3 is 5.97 Å². The first-order valence-electron chi connectivity index (χ1n) is 5.90. The molecular weight excluding hydrogens is 262 g/mol. The molecule has 1 rings (SSSR count). The first kappa shape index (κ1) is 15.8. The third-order valence-corrected chi connectivity index (χ3v) is 2.54. The number of hydrogen-bond donors (Lipinski definition) is 0. The van der Waals surface area contributed by atoms with Crippen molar-refractivity contribution in [3.05, 3.63) is 24.3 Å². The van der Waals surface area contributed by atoms with E-state index in [-0.39, 0.29) is 6.61 Å². The Morgan fingerprint density at radius 3 is 2.55 bits per heavy atom. The predicted octanol–water partition coefficient (Wildman–Crippen LogP) is 1.40. The Bertz CT molecular complexity index is 498. The third kappa shape index (κ3) is 4.17. The fraction of sp³-hybridized carbons (Fsp3) is 0.357. The number of rotatable bonds is 7. The van der Waals surface area contributed by atoms with Gasteiger partial charge in [0.15, 0.2) is 11.7 Å². The van der Waals surface area contributed by atoms with Crippen LogP contribution in [0.3, 0.4) is 0 Å². The molecule has 0 aliphatic heterocycles. The van der Waals surface area contributed by atoms with Crippen molar-refractivity contribution in [3.8, 4) is 5.75 Å². The molecule has 0 bridgehead atoms. The molecule has 0 aromatic heterocycles. The van der Waals surface area contributed by atoms with Crippen LogP contribution in [0.15, 0.2) is 29.3 Å². The van der Waals surface area contributed by atoms with Crippen LogP contribution in [-0.4, -0.2) is 45.9 Å². The topological polar surface area (TPSA) is 74.2 Å². The number of nitrogens with zero attached hydrogens (tertiary/aromatic N) is 1. The Balaban J connectivity index is 2.96. The summed E-state index contributed by atoms with van der Waals surface area (Å²) in [4.78, 5) is 27.5. The summed E-state index contributed by atoms with van der Waals surface area (Å²) in [5, 5.41) is 0. The van der Waals surface area contributed by atoms with Crippen LogP contribution in [0.25, 0.3) is 0 Å². The largest absolute Gasteiger partial charge is 0.494 e. The molecule has 0 aliphatic rings. The highest BCUT2D eigenvalue weighted by molar-refractivity contribution is 6.12. The Labute approximate surface area is 117 Å². The van der Waals surface area contributed by atoms with Gasteiger partial charge in [-0.25, -0.2) is 0 Å². The van der Waals surface area contributed by atoms with Crippen molar-refractivity contribution in [2.45, 2.75) is 0 Å². The highest BCUT2D eigenvalue weighted by Crippen LogP contribution is 2.26. The van der Waals surface area contributed by atoms with Crippen LogP contribution in [0.2, 0.25) is 0 Å². The molecule has 108 valence electrons. The fourth-order valence-corrected chi connectivity index (χ4v) is 1.53. The number of carbonyl (C=O) groups excluding carboxylic acids is 2. The Morgan fingerprint density at radius 1 is 1.25 bits per heavy atom. The van der Waals surface area contributed by atoms with Gasteiger partial charge in [0.25, 0.3) is 0 Å². The molecule has 0 amide bonds. The number of methoxy groups -OCH3 is 3. The van der Waals surface area contributed by atoms with Crippen LogP contribution in [0.1, 0.15) is 0 Å². The molecule has 6 heteroatoms. The molecule has 0 heterocycles. The zero-order valence-corrected chi connectivity index (χ0v) is 11.7. The van der Waals surface area contributed by atoms with E-state index in [0.717, 1.165) is 0 Å². The highest BCUT2D eigenvalue weighted by Gasteiger charge is 2.25. The number of benzene rings is 1. The minimum atomic E-state index is -1.09. The summed E-state index contributed by atoms with van der Waals surface area (Å²) in [5.74, 6) is -1.64. The molecule has 0 saturated heterocycles. The molecule has 1 aromatic carbocycles. The van der Waals surface area contributed by atoms with Gasteiger partial charge in [-0.05, 0) is 12.1 Å². The third-order valence-electron chi connectivity index (χ3n) is 2.54. The number of hydrogen-bond acceptors (Lipinski definition) is 6. The summed E-state index contributed by atoms with van der Waals surface area (Å²) in [7, 11) is 4.11. The molecule has 0 aliphatic carbocycles. The second-order valence-corrected chi connectivity index (χ2v) is 3.85. The summed E-state index contributed by atoms with van der Waals surface area (Å²) in [5.41, 5.74) is 0.522. The van der Waals surface area contributed by atoms with Gasteiger partial charge in [0.1, 0.15) is 18.0 Å². The summed E-state index contributed by atoms with van der Waals surface area (Å²) in [6, 6.07) is 7.02. The summed E-state index contributed by atoms with van der Waals surface area (Å²) < 4.78 is 14.5. The van der Waals surface area contributed by atoms with Crippen LogP contribution in [0.5, 0.6) is 5.75 Å². The Hall–Kier alpha value is -2.21. The van der Waals surface area contributed by atoms with Crippen molar-refractivity contribution < 1.29 is 23.8 Å². The molecule has 1 unspecified atom stereocenters. The lowest BCUT2D eigenvalue weighted by Crippen LogP contribution is -2.29. The van der Waals surface area contributed by atoms with E-state index in [1.165, 1.54) is 27.5 Å². The zero-order valence-electron chi connectivity index (χ0n) is 11.7. The number of Topliss-reactive ketones (excluding diaryl/α,β-unsaturated/α-hetero) is 1. The van der Waals surface area contributed by atoms with Crippen molar-refractivity contribution in [2.24, 2.45) is 10.9 Å². The molecule has 1 atom stereocenters. The maximum atomic E-state index is 11.8. The van der Waals surface area contributed by atoms with Gasteiger partial charge in [0.2, 0.25) is 0 Å². The molecule has 6 nitrogen and oxygen atoms in total. The second-order valence-electron chi connectivity index (χ2n) is 3.85. The summed E-state index contributed by atoms with van der Waals surface area (Å²) in [6.45, 7) is -0.183. The number of para-hydroxylation sites is 2.